The first-order valence-corrected chi connectivity index (χ1v) is 8.06. The molecule has 1 amide bonds. The summed E-state index contributed by atoms with van der Waals surface area (Å²) in [6.07, 6.45) is 1.56. The molecule has 3 aromatic rings. The standard InChI is InChI=1S/C18H16BrN3O/c1-12-4-2-6-14(8-12)17-16(11-21-22-17)18(23)20-10-13-5-3-7-15(19)9-13/h2-9,11H,10H2,1H3,(H,20,23)(H,21,22). The molecular formula is C18H16BrN3O. The van der Waals surface area contributed by atoms with E-state index in [2.05, 4.69) is 31.4 Å². The van der Waals surface area contributed by atoms with Crippen LogP contribution >= 0.6 is 15.9 Å². The summed E-state index contributed by atoms with van der Waals surface area (Å²) in [6, 6.07) is 15.8. The maximum absolute atomic E-state index is 12.5. The highest BCUT2D eigenvalue weighted by Crippen LogP contribution is 2.22. The number of aromatic amines is 1. The fraction of sp³-hybridized carbons (Fsp3) is 0.111. The number of benzene rings is 2. The fourth-order valence-corrected chi connectivity index (χ4v) is 2.85. The summed E-state index contributed by atoms with van der Waals surface area (Å²) < 4.78 is 0.994. The van der Waals surface area contributed by atoms with E-state index in [1.165, 1.54) is 0 Å². The van der Waals surface area contributed by atoms with Crippen LogP contribution in [0.1, 0.15) is 21.5 Å². The summed E-state index contributed by atoms with van der Waals surface area (Å²) >= 11 is 3.43. The van der Waals surface area contributed by atoms with Gasteiger partial charge in [0.15, 0.2) is 0 Å². The monoisotopic (exact) mass is 369 g/mol. The Balaban J connectivity index is 1.77. The van der Waals surface area contributed by atoms with Crippen LogP contribution in [0.25, 0.3) is 11.3 Å². The Labute approximate surface area is 143 Å². The largest absolute Gasteiger partial charge is 0.348 e. The molecule has 2 N–H and O–H groups in total. The Kier molecular flexibility index (Phi) is 4.57. The van der Waals surface area contributed by atoms with Gasteiger partial charge in [0, 0.05) is 16.6 Å². The molecule has 0 aliphatic rings. The molecule has 2 aromatic carbocycles. The molecule has 0 unspecified atom stereocenters. The number of aryl methyl sites for hydroxylation is 1. The van der Waals surface area contributed by atoms with Gasteiger partial charge in [0.2, 0.25) is 0 Å². The highest BCUT2D eigenvalue weighted by molar-refractivity contribution is 9.10. The van der Waals surface area contributed by atoms with Crippen molar-refractivity contribution in [2.75, 3.05) is 0 Å². The summed E-state index contributed by atoms with van der Waals surface area (Å²) in [7, 11) is 0. The lowest BCUT2D eigenvalue weighted by molar-refractivity contribution is 0.0951. The van der Waals surface area contributed by atoms with E-state index in [0.717, 1.165) is 26.9 Å². The maximum atomic E-state index is 12.5. The van der Waals surface area contributed by atoms with Gasteiger partial charge in [0.1, 0.15) is 0 Å². The van der Waals surface area contributed by atoms with Gasteiger partial charge in [-0.1, -0.05) is 51.8 Å². The van der Waals surface area contributed by atoms with E-state index in [1.807, 2.05) is 55.5 Å². The van der Waals surface area contributed by atoms with Crippen LogP contribution in [0.3, 0.4) is 0 Å². The zero-order valence-corrected chi connectivity index (χ0v) is 14.2. The fourth-order valence-electron chi connectivity index (χ4n) is 2.40. The number of hydrogen-bond acceptors (Lipinski definition) is 2. The molecule has 0 aliphatic heterocycles. The topological polar surface area (TPSA) is 57.8 Å². The summed E-state index contributed by atoms with van der Waals surface area (Å²) in [5.74, 6) is -0.143. The van der Waals surface area contributed by atoms with Gasteiger partial charge < -0.3 is 5.32 Å². The van der Waals surface area contributed by atoms with Gasteiger partial charge in [0.25, 0.3) is 5.91 Å². The molecule has 1 aromatic heterocycles. The van der Waals surface area contributed by atoms with E-state index in [4.69, 9.17) is 0 Å². The first-order chi connectivity index (χ1) is 11.1. The number of amides is 1. The van der Waals surface area contributed by atoms with Crippen molar-refractivity contribution < 1.29 is 4.79 Å². The van der Waals surface area contributed by atoms with Gasteiger partial charge in [0.05, 0.1) is 17.5 Å². The average molecular weight is 370 g/mol. The molecule has 23 heavy (non-hydrogen) atoms. The first kappa shape index (κ1) is 15.5. The lowest BCUT2D eigenvalue weighted by Crippen LogP contribution is -2.23. The Morgan fingerprint density at radius 2 is 2.04 bits per heavy atom. The molecule has 116 valence electrons. The van der Waals surface area contributed by atoms with E-state index in [1.54, 1.807) is 6.20 Å². The minimum absolute atomic E-state index is 0.143. The molecule has 0 spiro atoms. The number of nitrogens with zero attached hydrogens (tertiary/aromatic N) is 1. The highest BCUT2D eigenvalue weighted by Gasteiger charge is 2.15. The SMILES string of the molecule is Cc1cccc(-c2[nH]ncc2C(=O)NCc2cccc(Br)c2)c1. The number of nitrogens with one attached hydrogen (secondary N) is 2. The van der Waals surface area contributed by atoms with Crippen molar-refractivity contribution >= 4 is 21.8 Å². The molecule has 1 heterocycles. The Morgan fingerprint density at radius 1 is 1.22 bits per heavy atom. The number of H-pyrrole nitrogens is 1. The second-order valence-corrected chi connectivity index (χ2v) is 6.26. The van der Waals surface area contributed by atoms with Crippen molar-refractivity contribution in [3.05, 3.63) is 75.9 Å². The molecule has 0 bridgehead atoms. The molecule has 0 saturated heterocycles. The van der Waals surface area contributed by atoms with Crippen molar-refractivity contribution in [3.8, 4) is 11.3 Å². The van der Waals surface area contributed by atoms with Gasteiger partial charge in [-0.15, -0.1) is 0 Å². The van der Waals surface area contributed by atoms with Crippen LogP contribution in [-0.2, 0) is 6.54 Å². The van der Waals surface area contributed by atoms with E-state index < -0.39 is 0 Å². The van der Waals surface area contributed by atoms with Crippen LogP contribution in [0.15, 0.2) is 59.2 Å². The molecule has 4 nitrogen and oxygen atoms in total. The Morgan fingerprint density at radius 3 is 2.83 bits per heavy atom. The van der Waals surface area contributed by atoms with Crippen LogP contribution in [0.2, 0.25) is 0 Å². The van der Waals surface area contributed by atoms with Crippen LogP contribution in [-0.4, -0.2) is 16.1 Å². The van der Waals surface area contributed by atoms with Crippen molar-refractivity contribution in [3.63, 3.8) is 0 Å². The van der Waals surface area contributed by atoms with Gasteiger partial charge in [-0.25, -0.2) is 0 Å². The van der Waals surface area contributed by atoms with Crippen LogP contribution in [0.4, 0.5) is 0 Å². The molecule has 3 rings (SSSR count). The summed E-state index contributed by atoms with van der Waals surface area (Å²) in [4.78, 5) is 12.5. The van der Waals surface area contributed by atoms with Gasteiger partial charge in [-0.3, -0.25) is 9.89 Å². The maximum Gasteiger partial charge on any atom is 0.255 e. The molecule has 0 radical (unpaired) electrons. The van der Waals surface area contributed by atoms with Gasteiger partial charge in [-0.2, -0.15) is 5.10 Å². The van der Waals surface area contributed by atoms with Gasteiger partial charge in [-0.05, 0) is 30.7 Å². The predicted octanol–water partition coefficient (Wildman–Crippen LogP) is 4.08. The number of rotatable bonds is 4. The summed E-state index contributed by atoms with van der Waals surface area (Å²) in [6.45, 7) is 2.49. The van der Waals surface area contributed by atoms with Gasteiger partial charge >= 0.3 is 0 Å². The third kappa shape index (κ3) is 3.68. The summed E-state index contributed by atoms with van der Waals surface area (Å²) in [5.41, 5.74) is 4.41. The minimum atomic E-state index is -0.143. The van der Waals surface area contributed by atoms with Crippen LogP contribution < -0.4 is 5.32 Å². The van der Waals surface area contributed by atoms with E-state index in [9.17, 15) is 4.79 Å². The number of hydrogen-bond donors (Lipinski definition) is 2. The molecule has 0 atom stereocenters. The Hall–Kier alpha value is -2.40. The zero-order chi connectivity index (χ0) is 16.2. The Bertz CT molecular complexity index is 842. The second-order valence-electron chi connectivity index (χ2n) is 5.34. The van der Waals surface area contributed by atoms with E-state index in [0.29, 0.717) is 12.1 Å². The van der Waals surface area contributed by atoms with Crippen molar-refractivity contribution in [1.82, 2.24) is 15.5 Å². The third-order valence-electron chi connectivity index (χ3n) is 3.53. The molecular weight excluding hydrogens is 354 g/mol. The average Bonchev–Trinajstić information content (AvgIpc) is 3.02. The molecule has 0 fully saturated rings. The lowest BCUT2D eigenvalue weighted by atomic mass is 10.1. The number of carbonyl (C=O) groups is 1. The first-order valence-electron chi connectivity index (χ1n) is 7.26. The van der Waals surface area contributed by atoms with Crippen molar-refractivity contribution in [2.45, 2.75) is 13.5 Å². The van der Waals surface area contributed by atoms with E-state index in [-0.39, 0.29) is 5.91 Å². The molecule has 0 aliphatic carbocycles. The lowest BCUT2D eigenvalue weighted by Gasteiger charge is -2.07. The normalized spacial score (nSPS) is 10.5. The van der Waals surface area contributed by atoms with Crippen LogP contribution in [0, 0.1) is 6.92 Å². The second kappa shape index (κ2) is 6.79. The quantitative estimate of drug-likeness (QED) is 0.727. The summed E-state index contributed by atoms with van der Waals surface area (Å²) in [5, 5.41) is 9.88. The number of halogens is 1. The highest BCUT2D eigenvalue weighted by atomic mass is 79.9. The zero-order valence-electron chi connectivity index (χ0n) is 12.6. The smallest absolute Gasteiger partial charge is 0.255 e. The number of aromatic nitrogens is 2. The predicted molar refractivity (Wildman–Crippen MR) is 94.1 cm³/mol. The van der Waals surface area contributed by atoms with Crippen molar-refractivity contribution in [2.24, 2.45) is 0 Å². The number of carbonyl (C=O) groups excluding carboxylic acids is 1. The van der Waals surface area contributed by atoms with Crippen LogP contribution in [0.5, 0.6) is 0 Å². The molecule has 5 heteroatoms. The third-order valence-corrected chi connectivity index (χ3v) is 4.03. The van der Waals surface area contributed by atoms with E-state index >= 15 is 0 Å². The molecule has 0 saturated carbocycles. The minimum Gasteiger partial charge on any atom is -0.348 e. The van der Waals surface area contributed by atoms with Crippen molar-refractivity contribution in [1.29, 1.82) is 0 Å².